The highest BCUT2D eigenvalue weighted by atomic mass is 16.5. The summed E-state index contributed by atoms with van der Waals surface area (Å²) >= 11 is 0. The van der Waals surface area contributed by atoms with E-state index in [9.17, 15) is 14.7 Å². The number of methoxy groups -OCH3 is 3. The van der Waals surface area contributed by atoms with Gasteiger partial charge in [0.1, 0.15) is 28.6 Å². The second-order valence-electron chi connectivity index (χ2n) is 9.13. The zero-order valence-corrected chi connectivity index (χ0v) is 21.6. The predicted octanol–water partition coefficient (Wildman–Crippen LogP) is 5.46. The van der Waals surface area contributed by atoms with Crippen molar-refractivity contribution in [3.63, 3.8) is 0 Å². The average Bonchev–Trinajstić information content (AvgIpc) is 3.17. The Balaban J connectivity index is 1.90. The van der Waals surface area contributed by atoms with Crippen LogP contribution in [-0.4, -0.2) is 43.0 Å². The number of Topliss-reactive ketones (excluding diaryl/α,β-unsaturated/α-hetero) is 1. The number of ketones is 1. The lowest BCUT2D eigenvalue weighted by Crippen LogP contribution is -2.29. The first-order valence-corrected chi connectivity index (χ1v) is 12.0. The highest BCUT2D eigenvalue weighted by Crippen LogP contribution is 2.44. The Labute approximate surface area is 216 Å². The fourth-order valence-corrected chi connectivity index (χ4v) is 4.60. The first-order valence-electron chi connectivity index (χ1n) is 12.0. The third-order valence-corrected chi connectivity index (χ3v) is 6.64. The molecule has 1 aliphatic rings. The van der Waals surface area contributed by atoms with Gasteiger partial charge in [-0.15, -0.1) is 0 Å². The van der Waals surface area contributed by atoms with E-state index in [4.69, 9.17) is 14.2 Å². The van der Waals surface area contributed by atoms with Crippen molar-refractivity contribution >= 4 is 17.4 Å². The Kier molecular flexibility index (Phi) is 7.53. The van der Waals surface area contributed by atoms with E-state index in [0.717, 1.165) is 11.1 Å². The molecule has 1 aliphatic heterocycles. The van der Waals surface area contributed by atoms with E-state index < -0.39 is 17.7 Å². The second-order valence-corrected chi connectivity index (χ2v) is 9.13. The molecule has 3 aromatic rings. The molecule has 0 radical (unpaired) electrons. The number of hydrogen-bond acceptors (Lipinski definition) is 6. The zero-order valence-electron chi connectivity index (χ0n) is 21.6. The lowest BCUT2D eigenvalue weighted by Gasteiger charge is -2.26. The maximum absolute atomic E-state index is 13.5. The number of rotatable bonds is 8. The van der Waals surface area contributed by atoms with E-state index in [0.29, 0.717) is 28.7 Å². The SMILES string of the molecule is COc1ccc(CN2C(=O)C(=O)/C(=C(/O)c3c(OC)cccc3OC)C2c2ccc(C(C)C)cc2)cc1. The summed E-state index contributed by atoms with van der Waals surface area (Å²) in [6.45, 7) is 4.36. The van der Waals surface area contributed by atoms with Crippen molar-refractivity contribution in [2.75, 3.05) is 21.3 Å². The van der Waals surface area contributed by atoms with Crippen LogP contribution in [0.1, 0.15) is 48.1 Å². The summed E-state index contributed by atoms with van der Waals surface area (Å²) in [5, 5.41) is 11.6. The number of likely N-dealkylation sites (tertiary alicyclic amines) is 1. The van der Waals surface area contributed by atoms with E-state index in [-0.39, 0.29) is 23.4 Å². The minimum atomic E-state index is -0.807. The molecule has 1 heterocycles. The summed E-state index contributed by atoms with van der Waals surface area (Å²) in [7, 11) is 4.52. The van der Waals surface area contributed by atoms with Gasteiger partial charge in [-0.1, -0.05) is 56.3 Å². The van der Waals surface area contributed by atoms with Gasteiger partial charge in [-0.25, -0.2) is 0 Å². The third kappa shape index (κ3) is 4.89. The highest BCUT2D eigenvalue weighted by molar-refractivity contribution is 6.46. The molecule has 1 atom stereocenters. The van der Waals surface area contributed by atoms with Gasteiger partial charge in [0.15, 0.2) is 0 Å². The van der Waals surface area contributed by atoms with E-state index in [1.165, 1.54) is 19.1 Å². The minimum Gasteiger partial charge on any atom is -0.506 e. The molecule has 4 rings (SSSR count). The van der Waals surface area contributed by atoms with E-state index in [1.807, 2.05) is 36.4 Å². The molecule has 37 heavy (non-hydrogen) atoms. The Morgan fingerprint density at radius 3 is 1.97 bits per heavy atom. The number of aliphatic hydroxyl groups is 1. The maximum atomic E-state index is 13.5. The fourth-order valence-electron chi connectivity index (χ4n) is 4.60. The van der Waals surface area contributed by atoms with Gasteiger partial charge in [0.2, 0.25) is 0 Å². The summed E-state index contributed by atoms with van der Waals surface area (Å²) in [5.74, 6) is -0.143. The zero-order chi connectivity index (χ0) is 26.7. The molecule has 0 aliphatic carbocycles. The molecule has 1 amide bonds. The summed E-state index contributed by atoms with van der Waals surface area (Å²) in [5.41, 5.74) is 2.87. The van der Waals surface area contributed by atoms with Gasteiger partial charge in [0.25, 0.3) is 11.7 Å². The van der Waals surface area contributed by atoms with Gasteiger partial charge in [-0.2, -0.15) is 0 Å². The standard InChI is InChI=1S/C30H31NO6/c1-18(2)20-11-13-21(14-12-20)27-26(28(32)25-23(36-4)7-6-8-24(25)37-5)29(33)30(34)31(27)17-19-9-15-22(35-3)16-10-19/h6-16,18,27,32H,17H2,1-5H3/b28-26+. The smallest absolute Gasteiger partial charge is 0.295 e. The van der Waals surface area contributed by atoms with Crippen LogP contribution in [0.2, 0.25) is 0 Å². The molecule has 7 nitrogen and oxygen atoms in total. The predicted molar refractivity (Wildman–Crippen MR) is 141 cm³/mol. The van der Waals surface area contributed by atoms with E-state index in [2.05, 4.69) is 13.8 Å². The van der Waals surface area contributed by atoms with Gasteiger partial charge in [-0.05, 0) is 46.9 Å². The van der Waals surface area contributed by atoms with E-state index >= 15 is 0 Å². The van der Waals surface area contributed by atoms with Crippen molar-refractivity contribution in [3.05, 3.63) is 94.6 Å². The van der Waals surface area contributed by atoms with Gasteiger partial charge >= 0.3 is 0 Å². The van der Waals surface area contributed by atoms with Crippen molar-refractivity contribution in [2.45, 2.75) is 32.4 Å². The summed E-state index contributed by atoms with van der Waals surface area (Å²) in [6, 6.07) is 19.3. The molecule has 0 spiro atoms. The Morgan fingerprint density at radius 1 is 0.865 bits per heavy atom. The van der Waals surface area contributed by atoms with Gasteiger partial charge in [0, 0.05) is 6.54 Å². The Hall–Kier alpha value is -4.26. The molecule has 0 saturated carbocycles. The minimum absolute atomic E-state index is 0.0152. The molecule has 1 fully saturated rings. The first-order chi connectivity index (χ1) is 17.8. The molecule has 1 saturated heterocycles. The molecule has 1 N–H and O–H groups in total. The van der Waals surface area contributed by atoms with Crippen molar-refractivity contribution in [2.24, 2.45) is 0 Å². The first kappa shape index (κ1) is 25.8. The number of carbonyl (C=O) groups is 2. The van der Waals surface area contributed by atoms with Crippen LogP contribution in [0.3, 0.4) is 0 Å². The highest BCUT2D eigenvalue weighted by Gasteiger charge is 2.46. The molecular weight excluding hydrogens is 470 g/mol. The van der Waals surface area contributed by atoms with Crippen LogP contribution in [0.5, 0.6) is 17.2 Å². The monoisotopic (exact) mass is 501 g/mol. The molecular formula is C30H31NO6. The van der Waals surface area contributed by atoms with Crippen LogP contribution in [0.4, 0.5) is 0 Å². The lowest BCUT2D eigenvalue weighted by molar-refractivity contribution is -0.140. The number of hydrogen-bond donors (Lipinski definition) is 1. The second kappa shape index (κ2) is 10.8. The average molecular weight is 502 g/mol. The number of amides is 1. The number of ether oxygens (including phenoxy) is 3. The third-order valence-electron chi connectivity index (χ3n) is 6.64. The van der Waals surface area contributed by atoms with Crippen LogP contribution in [-0.2, 0) is 16.1 Å². The van der Waals surface area contributed by atoms with Gasteiger partial charge < -0.3 is 24.2 Å². The Morgan fingerprint density at radius 2 is 1.46 bits per heavy atom. The topological polar surface area (TPSA) is 85.3 Å². The molecule has 1 unspecified atom stereocenters. The number of aliphatic hydroxyl groups excluding tert-OH is 1. The van der Waals surface area contributed by atoms with Crippen LogP contribution in [0.25, 0.3) is 5.76 Å². The van der Waals surface area contributed by atoms with E-state index in [1.54, 1.807) is 37.4 Å². The summed E-state index contributed by atoms with van der Waals surface area (Å²) in [4.78, 5) is 28.3. The maximum Gasteiger partial charge on any atom is 0.295 e. The van der Waals surface area contributed by atoms with Gasteiger partial charge in [0.05, 0.1) is 32.9 Å². The Bertz CT molecular complexity index is 1300. The largest absolute Gasteiger partial charge is 0.506 e. The van der Waals surface area contributed by atoms with Crippen molar-refractivity contribution < 1.29 is 28.9 Å². The van der Waals surface area contributed by atoms with Crippen LogP contribution in [0, 0.1) is 0 Å². The van der Waals surface area contributed by atoms with Crippen LogP contribution in [0.15, 0.2) is 72.3 Å². The molecule has 3 aromatic carbocycles. The molecule has 7 heteroatoms. The van der Waals surface area contributed by atoms with Crippen molar-refractivity contribution in [3.8, 4) is 17.2 Å². The summed E-state index contributed by atoms with van der Waals surface area (Å²) in [6.07, 6.45) is 0. The number of benzene rings is 3. The lowest BCUT2D eigenvalue weighted by atomic mass is 9.92. The molecule has 0 aromatic heterocycles. The normalized spacial score (nSPS) is 16.8. The fraction of sp³-hybridized carbons (Fsp3) is 0.267. The van der Waals surface area contributed by atoms with Gasteiger partial charge in [-0.3, -0.25) is 9.59 Å². The number of nitrogens with zero attached hydrogens (tertiary/aromatic N) is 1. The molecule has 0 bridgehead atoms. The van der Waals surface area contributed by atoms with Crippen molar-refractivity contribution in [1.82, 2.24) is 4.90 Å². The number of carbonyl (C=O) groups excluding carboxylic acids is 2. The van der Waals surface area contributed by atoms with Crippen LogP contribution < -0.4 is 14.2 Å². The quantitative estimate of drug-likeness (QED) is 0.251. The molecule has 192 valence electrons. The van der Waals surface area contributed by atoms with Crippen molar-refractivity contribution in [1.29, 1.82) is 0 Å². The van der Waals surface area contributed by atoms with Crippen LogP contribution >= 0.6 is 0 Å². The summed E-state index contributed by atoms with van der Waals surface area (Å²) < 4.78 is 16.2.